The van der Waals surface area contributed by atoms with Gasteiger partial charge in [-0.25, -0.2) is 0 Å². The van der Waals surface area contributed by atoms with Crippen LogP contribution in [0.3, 0.4) is 0 Å². The van der Waals surface area contributed by atoms with E-state index in [1.54, 1.807) is 6.20 Å². The van der Waals surface area contributed by atoms with Gasteiger partial charge in [0.25, 0.3) is 0 Å². The molecule has 3 rings (SSSR count). The monoisotopic (exact) mass is 315 g/mol. The van der Waals surface area contributed by atoms with E-state index in [1.165, 1.54) is 5.56 Å². The number of nitrogens with zero attached hydrogens (tertiary/aromatic N) is 3. The summed E-state index contributed by atoms with van der Waals surface area (Å²) in [6.45, 7) is 6.92. The van der Waals surface area contributed by atoms with Crippen LogP contribution in [0.1, 0.15) is 23.5 Å². The molecular weight excluding hydrogens is 290 g/mol. The minimum absolute atomic E-state index is 0.221. The lowest BCUT2D eigenvalue weighted by molar-refractivity contribution is 0.0454. The van der Waals surface area contributed by atoms with Crippen LogP contribution in [0.15, 0.2) is 41.1 Å². The Morgan fingerprint density at radius 3 is 2.87 bits per heavy atom. The average Bonchev–Trinajstić information content (AvgIpc) is 2.96. The summed E-state index contributed by atoms with van der Waals surface area (Å²) >= 11 is 0. The van der Waals surface area contributed by atoms with Crippen molar-refractivity contribution in [2.24, 2.45) is 0 Å². The Bertz CT molecular complexity index is 599. The molecule has 2 aromatic rings. The highest BCUT2D eigenvalue weighted by molar-refractivity contribution is 5.09. The number of aliphatic hydroxyl groups excluding tert-OH is 1. The molecule has 124 valence electrons. The molecule has 5 heteroatoms. The molecule has 0 spiro atoms. The first-order valence-corrected chi connectivity index (χ1v) is 8.26. The lowest BCUT2D eigenvalue weighted by atomic mass is 10.1. The molecule has 1 atom stereocenters. The maximum atomic E-state index is 9.40. The highest BCUT2D eigenvalue weighted by atomic mass is 16.3. The fraction of sp³-hybridized carbons (Fsp3) is 0.500. The quantitative estimate of drug-likeness (QED) is 0.884. The molecular formula is C18H25N3O2. The predicted octanol–water partition coefficient (Wildman–Crippen LogP) is 2.05. The van der Waals surface area contributed by atoms with Gasteiger partial charge < -0.3 is 9.52 Å². The van der Waals surface area contributed by atoms with E-state index in [-0.39, 0.29) is 6.61 Å². The number of piperazine rings is 1. The Morgan fingerprint density at radius 1 is 1.26 bits per heavy atom. The van der Waals surface area contributed by atoms with Crippen molar-refractivity contribution in [3.8, 4) is 0 Å². The topological polar surface area (TPSA) is 52.7 Å². The Morgan fingerprint density at radius 2 is 2.17 bits per heavy atom. The van der Waals surface area contributed by atoms with Gasteiger partial charge in [-0.1, -0.05) is 6.07 Å². The zero-order valence-electron chi connectivity index (χ0n) is 13.7. The van der Waals surface area contributed by atoms with Gasteiger partial charge >= 0.3 is 0 Å². The smallest absolute Gasteiger partial charge is 0.118 e. The van der Waals surface area contributed by atoms with Gasteiger partial charge in [0.2, 0.25) is 0 Å². The average molecular weight is 315 g/mol. The third-order valence-corrected chi connectivity index (χ3v) is 4.44. The van der Waals surface area contributed by atoms with E-state index in [4.69, 9.17) is 4.42 Å². The number of aromatic nitrogens is 1. The maximum Gasteiger partial charge on any atom is 0.118 e. The largest absolute Gasteiger partial charge is 0.465 e. The SMILES string of the molecule is Cc1ccc(CN2CCN(Cc3cccnc3)C[C@H]2CCO)o1. The summed E-state index contributed by atoms with van der Waals surface area (Å²) in [7, 11) is 0. The summed E-state index contributed by atoms with van der Waals surface area (Å²) in [5.74, 6) is 1.96. The number of rotatable bonds is 6. The standard InChI is InChI=1S/C18H25N3O2/c1-15-4-5-18(23-15)14-21-9-8-20(13-17(21)6-10-22)12-16-3-2-7-19-11-16/h2-5,7,11,17,22H,6,8-10,12-14H2,1H3/t17-/m1/s1. The van der Waals surface area contributed by atoms with Crippen molar-refractivity contribution in [1.82, 2.24) is 14.8 Å². The third kappa shape index (κ3) is 4.41. The second-order valence-corrected chi connectivity index (χ2v) is 6.25. The van der Waals surface area contributed by atoms with E-state index in [2.05, 4.69) is 20.9 Å². The van der Waals surface area contributed by atoms with E-state index in [1.807, 2.05) is 31.3 Å². The molecule has 3 heterocycles. The van der Waals surface area contributed by atoms with E-state index in [0.29, 0.717) is 6.04 Å². The van der Waals surface area contributed by atoms with Gasteiger partial charge in [-0.2, -0.15) is 0 Å². The number of aryl methyl sites for hydroxylation is 1. The van der Waals surface area contributed by atoms with Gasteiger partial charge in [0.1, 0.15) is 11.5 Å². The normalized spacial score (nSPS) is 20.0. The van der Waals surface area contributed by atoms with Gasteiger partial charge in [0.05, 0.1) is 6.54 Å². The Balaban J connectivity index is 1.61. The molecule has 1 fully saturated rings. The fourth-order valence-electron chi connectivity index (χ4n) is 3.25. The summed E-state index contributed by atoms with van der Waals surface area (Å²) in [6.07, 6.45) is 4.53. The fourth-order valence-corrected chi connectivity index (χ4v) is 3.25. The number of pyridine rings is 1. The molecule has 0 amide bonds. The summed E-state index contributed by atoms with van der Waals surface area (Å²) in [5, 5.41) is 9.40. The van der Waals surface area contributed by atoms with E-state index >= 15 is 0 Å². The second kappa shape index (κ2) is 7.73. The van der Waals surface area contributed by atoms with E-state index < -0.39 is 0 Å². The second-order valence-electron chi connectivity index (χ2n) is 6.25. The minimum Gasteiger partial charge on any atom is -0.465 e. The van der Waals surface area contributed by atoms with Crippen molar-refractivity contribution in [3.05, 3.63) is 53.7 Å². The molecule has 1 aliphatic heterocycles. The summed E-state index contributed by atoms with van der Waals surface area (Å²) in [5.41, 5.74) is 1.24. The summed E-state index contributed by atoms with van der Waals surface area (Å²) in [6, 6.07) is 8.51. The lowest BCUT2D eigenvalue weighted by Gasteiger charge is -2.41. The predicted molar refractivity (Wildman–Crippen MR) is 88.9 cm³/mol. The van der Waals surface area contributed by atoms with Gasteiger partial charge in [-0.15, -0.1) is 0 Å². The van der Waals surface area contributed by atoms with Crippen LogP contribution in [-0.2, 0) is 13.1 Å². The van der Waals surface area contributed by atoms with Crippen LogP contribution >= 0.6 is 0 Å². The van der Waals surface area contributed by atoms with Gasteiger partial charge in [0, 0.05) is 51.2 Å². The first-order valence-electron chi connectivity index (χ1n) is 8.26. The number of hydrogen-bond donors (Lipinski definition) is 1. The van der Waals surface area contributed by atoms with Crippen LogP contribution in [0.4, 0.5) is 0 Å². The number of hydrogen-bond acceptors (Lipinski definition) is 5. The molecule has 5 nitrogen and oxygen atoms in total. The van der Waals surface area contributed by atoms with Crippen molar-refractivity contribution in [3.63, 3.8) is 0 Å². The highest BCUT2D eigenvalue weighted by Crippen LogP contribution is 2.19. The van der Waals surface area contributed by atoms with Crippen molar-refractivity contribution < 1.29 is 9.52 Å². The van der Waals surface area contributed by atoms with Crippen molar-refractivity contribution in [1.29, 1.82) is 0 Å². The molecule has 0 bridgehead atoms. The molecule has 0 unspecified atom stereocenters. The summed E-state index contributed by atoms with van der Waals surface area (Å²) < 4.78 is 5.71. The molecule has 1 N–H and O–H groups in total. The van der Waals surface area contributed by atoms with Crippen molar-refractivity contribution in [2.75, 3.05) is 26.2 Å². The van der Waals surface area contributed by atoms with Crippen LogP contribution in [0.25, 0.3) is 0 Å². The summed E-state index contributed by atoms with van der Waals surface area (Å²) in [4.78, 5) is 9.06. The third-order valence-electron chi connectivity index (χ3n) is 4.44. The lowest BCUT2D eigenvalue weighted by Crippen LogP contribution is -2.52. The first kappa shape index (κ1) is 16.2. The molecule has 1 saturated heterocycles. The van der Waals surface area contributed by atoms with Crippen LogP contribution in [0.5, 0.6) is 0 Å². The van der Waals surface area contributed by atoms with E-state index in [0.717, 1.165) is 50.7 Å². The maximum absolute atomic E-state index is 9.40. The number of aliphatic hydroxyl groups is 1. The van der Waals surface area contributed by atoms with Gasteiger partial charge in [-0.05, 0) is 37.1 Å². The van der Waals surface area contributed by atoms with Crippen LogP contribution in [0, 0.1) is 6.92 Å². The van der Waals surface area contributed by atoms with Crippen molar-refractivity contribution >= 4 is 0 Å². The molecule has 0 aromatic carbocycles. The first-order chi connectivity index (χ1) is 11.2. The van der Waals surface area contributed by atoms with Crippen LogP contribution < -0.4 is 0 Å². The Hall–Kier alpha value is -1.69. The zero-order valence-corrected chi connectivity index (χ0v) is 13.7. The number of furan rings is 1. The Labute approximate surface area is 137 Å². The molecule has 1 aliphatic rings. The highest BCUT2D eigenvalue weighted by Gasteiger charge is 2.27. The molecule has 0 radical (unpaired) electrons. The van der Waals surface area contributed by atoms with Gasteiger partial charge in [-0.3, -0.25) is 14.8 Å². The molecule has 0 aliphatic carbocycles. The molecule has 2 aromatic heterocycles. The van der Waals surface area contributed by atoms with Crippen molar-refractivity contribution in [2.45, 2.75) is 32.5 Å². The molecule has 0 saturated carbocycles. The molecule has 23 heavy (non-hydrogen) atoms. The minimum atomic E-state index is 0.221. The van der Waals surface area contributed by atoms with Crippen LogP contribution in [-0.4, -0.2) is 52.2 Å². The zero-order chi connectivity index (χ0) is 16.1. The van der Waals surface area contributed by atoms with Gasteiger partial charge in [0.15, 0.2) is 0 Å². The van der Waals surface area contributed by atoms with Crippen LogP contribution in [0.2, 0.25) is 0 Å². The Kier molecular flexibility index (Phi) is 5.43. The van der Waals surface area contributed by atoms with E-state index in [9.17, 15) is 5.11 Å².